The van der Waals surface area contributed by atoms with Gasteiger partial charge in [0.15, 0.2) is 0 Å². The fourth-order valence-corrected chi connectivity index (χ4v) is 0.796. The van der Waals surface area contributed by atoms with Gasteiger partial charge in [0, 0.05) is 16.2 Å². The second-order valence-electron chi connectivity index (χ2n) is 2.12. The van der Waals surface area contributed by atoms with Gasteiger partial charge < -0.3 is 5.11 Å². The Bertz CT molecular complexity index is 333. The molecule has 0 unspecified atom stereocenters. The first-order chi connectivity index (χ1) is 5.77. The van der Waals surface area contributed by atoms with Crippen LogP contribution in [0.4, 0.5) is 10.1 Å². The lowest BCUT2D eigenvalue weighted by Crippen LogP contribution is -1.87. The molecule has 0 amide bonds. The molecular formula is C7H6FN3O. The first-order valence-corrected chi connectivity index (χ1v) is 3.22. The first-order valence-electron chi connectivity index (χ1n) is 3.22. The third kappa shape index (κ3) is 1.72. The highest BCUT2D eigenvalue weighted by Gasteiger charge is 2.00. The molecule has 1 rings (SSSR count). The molecule has 0 radical (unpaired) electrons. The molecule has 0 aliphatic heterocycles. The fraction of sp³-hybridized carbons (Fsp3) is 0.143. The molecule has 4 nitrogen and oxygen atoms in total. The molecular weight excluding hydrogens is 161 g/mol. The maximum Gasteiger partial charge on any atom is 0.128 e. The van der Waals surface area contributed by atoms with Crippen LogP contribution in [0.5, 0.6) is 0 Å². The number of halogens is 1. The summed E-state index contributed by atoms with van der Waals surface area (Å²) in [6, 6.07) is 3.79. The highest BCUT2D eigenvalue weighted by atomic mass is 19.1. The van der Waals surface area contributed by atoms with Crippen molar-refractivity contribution < 1.29 is 9.50 Å². The van der Waals surface area contributed by atoms with E-state index in [9.17, 15) is 4.39 Å². The molecule has 0 spiro atoms. The van der Waals surface area contributed by atoms with Crippen molar-refractivity contribution in [1.29, 1.82) is 0 Å². The zero-order valence-corrected chi connectivity index (χ0v) is 6.11. The molecule has 12 heavy (non-hydrogen) atoms. The Morgan fingerprint density at radius 1 is 1.58 bits per heavy atom. The Labute approximate surface area is 67.9 Å². The van der Waals surface area contributed by atoms with Gasteiger partial charge in [-0.15, -0.1) is 0 Å². The molecule has 0 aliphatic carbocycles. The van der Waals surface area contributed by atoms with Crippen molar-refractivity contribution in [2.45, 2.75) is 6.61 Å². The molecule has 0 saturated heterocycles. The summed E-state index contributed by atoms with van der Waals surface area (Å²) in [5.74, 6) is -0.505. The summed E-state index contributed by atoms with van der Waals surface area (Å²) in [6.45, 7) is -0.402. The first kappa shape index (κ1) is 8.52. The summed E-state index contributed by atoms with van der Waals surface area (Å²) in [6.07, 6.45) is 0. The standard InChI is InChI=1S/C7H6FN3O/c8-7-2-1-6(10-11-9)3-5(7)4-12/h1-3,12H,4H2. The van der Waals surface area contributed by atoms with Crippen LogP contribution in [0.1, 0.15) is 5.56 Å². The van der Waals surface area contributed by atoms with E-state index in [1.165, 1.54) is 12.1 Å². The Morgan fingerprint density at radius 2 is 2.33 bits per heavy atom. The number of nitrogens with zero attached hydrogens (tertiary/aromatic N) is 3. The minimum Gasteiger partial charge on any atom is -0.392 e. The van der Waals surface area contributed by atoms with Crippen molar-refractivity contribution in [1.82, 2.24) is 0 Å². The van der Waals surface area contributed by atoms with Crippen LogP contribution < -0.4 is 0 Å². The van der Waals surface area contributed by atoms with Crippen LogP contribution >= 0.6 is 0 Å². The number of aliphatic hydroxyl groups is 1. The van der Waals surface area contributed by atoms with Crippen LogP contribution in [0, 0.1) is 5.82 Å². The zero-order chi connectivity index (χ0) is 8.97. The summed E-state index contributed by atoms with van der Waals surface area (Å²) in [4.78, 5) is 2.53. The lowest BCUT2D eigenvalue weighted by atomic mass is 10.2. The quantitative estimate of drug-likeness (QED) is 0.409. The van der Waals surface area contributed by atoms with E-state index in [1.54, 1.807) is 0 Å². The van der Waals surface area contributed by atoms with Crippen LogP contribution in [-0.2, 0) is 6.61 Å². The average Bonchev–Trinajstić information content (AvgIpc) is 2.09. The SMILES string of the molecule is [N-]=[N+]=Nc1ccc(F)c(CO)c1. The second kappa shape index (κ2) is 3.71. The number of benzene rings is 1. The van der Waals surface area contributed by atoms with E-state index in [0.717, 1.165) is 6.07 Å². The molecule has 62 valence electrons. The smallest absolute Gasteiger partial charge is 0.128 e. The monoisotopic (exact) mass is 167 g/mol. The lowest BCUT2D eigenvalue weighted by molar-refractivity contribution is 0.276. The van der Waals surface area contributed by atoms with E-state index in [1.807, 2.05) is 0 Å². The van der Waals surface area contributed by atoms with Gasteiger partial charge in [-0.2, -0.15) is 0 Å². The van der Waals surface area contributed by atoms with Gasteiger partial charge in [0.1, 0.15) is 5.82 Å². The molecule has 0 atom stereocenters. The van der Waals surface area contributed by atoms with E-state index < -0.39 is 12.4 Å². The van der Waals surface area contributed by atoms with Gasteiger partial charge in [0.05, 0.1) is 6.61 Å². The topological polar surface area (TPSA) is 69.0 Å². The maximum atomic E-state index is 12.7. The summed E-state index contributed by atoms with van der Waals surface area (Å²) >= 11 is 0. The summed E-state index contributed by atoms with van der Waals surface area (Å²) in [5.41, 5.74) is 8.47. The van der Waals surface area contributed by atoms with Gasteiger partial charge in [0.2, 0.25) is 0 Å². The zero-order valence-electron chi connectivity index (χ0n) is 6.11. The van der Waals surface area contributed by atoms with Crippen molar-refractivity contribution in [3.8, 4) is 0 Å². The van der Waals surface area contributed by atoms with Crippen LogP contribution in [-0.4, -0.2) is 5.11 Å². The van der Waals surface area contributed by atoms with Gasteiger partial charge in [-0.1, -0.05) is 5.11 Å². The van der Waals surface area contributed by atoms with Crippen LogP contribution in [0.15, 0.2) is 23.3 Å². The number of aliphatic hydroxyl groups excluding tert-OH is 1. The van der Waals surface area contributed by atoms with Crippen LogP contribution in [0.25, 0.3) is 10.4 Å². The van der Waals surface area contributed by atoms with E-state index in [0.29, 0.717) is 5.69 Å². The Morgan fingerprint density at radius 3 is 2.92 bits per heavy atom. The lowest BCUT2D eigenvalue weighted by Gasteiger charge is -1.98. The molecule has 1 aromatic rings. The predicted octanol–water partition coefficient (Wildman–Crippen LogP) is 2.26. The van der Waals surface area contributed by atoms with E-state index >= 15 is 0 Å². The van der Waals surface area contributed by atoms with Gasteiger partial charge >= 0.3 is 0 Å². The third-order valence-corrected chi connectivity index (χ3v) is 1.36. The Kier molecular flexibility index (Phi) is 2.63. The van der Waals surface area contributed by atoms with Crippen molar-refractivity contribution in [2.75, 3.05) is 0 Å². The summed E-state index contributed by atoms with van der Waals surface area (Å²) < 4.78 is 12.7. The average molecular weight is 167 g/mol. The minimum atomic E-state index is -0.505. The molecule has 0 heterocycles. The summed E-state index contributed by atoms with van der Waals surface area (Å²) in [7, 11) is 0. The molecule has 5 heteroatoms. The fourth-order valence-electron chi connectivity index (χ4n) is 0.796. The van der Waals surface area contributed by atoms with Gasteiger partial charge in [-0.05, 0) is 23.7 Å². The normalized spacial score (nSPS) is 9.17. The van der Waals surface area contributed by atoms with E-state index in [4.69, 9.17) is 10.6 Å². The highest BCUT2D eigenvalue weighted by molar-refractivity contribution is 5.40. The van der Waals surface area contributed by atoms with Crippen LogP contribution in [0.3, 0.4) is 0 Å². The van der Waals surface area contributed by atoms with Gasteiger partial charge in [-0.3, -0.25) is 0 Å². The van der Waals surface area contributed by atoms with Crippen molar-refractivity contribution in [3.63, 3.8) is 0 Å². The summed E-state index contributed by atoms with van der Waals surface area (Å²) in [5, 5.41) is 11.9. The van der Waals surface area contributed by atoms with Crippen molar-refractivity contribution >= 4 is 5.69 Å². The Hall–Kier alpha value is -1.58. The molecule has 0 saturated carbocycles. The Balaban J connectivity index is 3.13. The molecule has 0 bridgehead atoms. The maximum absolute atomic E-state index is 12.7. The molecule has 1 N–H and O–H groups in total. The molecule has 0 fully saturated rings. The van der Waals surface area contributed by atoms with E-state index in [2.05, 4.69) is 10.0 Å². The second-order valence-corrected chi connectivity index (χ2v) is 2.12. The largest absolute Gasteiger partial charge is 0.392 e. The van der Waals surface area contributed by atoms with Gasteiger partial charge in [-0.25, -0.2) is 4.39 Å². The molecule has 0 aromatic heterocycles. The van der Waals surface area contributed by atoms with E-state index in [-0.39, 0.29) is 5.56 Å². The number of hydrogen-bond donors (Lipinski definition) is 1. The highest BCUT2D eigenvalue weighted by Crippen LogP contribution is 2.17. The van der Waals surface area contributed by atoms with Gasteiger partial charge in [0.25, 0.3) is 0 Å². The molecule has 1 aromatic carbocycles. The van der Waals surface area contributed by atoms with Crippen molar-refractivity contribution in [2.24, 2.45) is 5.11 Å². The number of hydrogen-bond acceptors (Lipinski definition) is 2. The van der Waals surface area contributed by atoms with Crippen molar-refractivity contribution in [3.05, 3.63) is 40.0 Å². The minimum absolute atomic E-state index is 0.125. The molecule has 0 aliphatic rings. The third-order valence-electron chi connectivity index (χ3n) is 1.36. The predicted molar refractivity (Wildman–Crippen MR) is 41.1 cm³/mol. The number of azide groups is 1. The number of rotatable bonds is 2. The van der Waals surface area contributed by atoms with Crippen LogP contribution in [0.2, 0.25) is 0 Å².